The molecule has 0 unspecified atom stereocenters. The van der Waals surface area contributed by atoms with Crippen molar-refractivity contribution in [1.82, 2.24) is 14.8 Å². The van der Waals surface area contributed by atoms with Gasteiger partial charge in [0.25, 0.3) is 0 Å². The summed E-state index contributed by atoms with van der Waals surface area (Å²) in [6.45, 7) is 0. The van der Waals surface area contributed by atoms with Crippen LogP contribution >= 0.6 is 0 Å². The summed E-state index contributed by atoms with van der Waals surface area (Å²) < 4.78 is 18.0. The minimum Gasteiger partial charge on any atom is -0.496 e. The third kappa shape index (κ3) is 2.78. The number of ether oxygens (including phenoxy) is 3. The summed E-state index contributed by atoms with van der Waals surface area (Å²) in [5, 5.41) is 4.51. The molecule has 3 aromatic rings. The standard InChI is InChI=1S/C18H19N3O3/c1-21-18(19-17(20-21)12-8-6-5-7-9-12)16-14(23-3)10-13(22-2)11-15(16)24-4/h5-11H,1-4H3. The topological polar surface area (TPSA) is 58.4 Å². The lowest BCUT2D eigenvalue weighted by molar-refractivity contribution is 0.377. The number of hydrogen-bond donors (Lipinski definition) is 0. The molecule has 0 atom stereocenters. The van der Waals surface area contributed by atoms with Crippen LogP contribution in [0.4, 0.5) is 0 Å². The van der Waals surface area contributed by atoms with E-state index in [1.54, 1.807) is 38.1 Å². The van der Waals surface area contributed by atoms with E-state index >= 15 is 0 Å². The third-order valence-corrected chi connectivity index (χ3v) is 3.73. The highest BCUT2D eigenvalue weighted by Gasteiger charge is 2.21. The van der Waals surface area contributed by atoms with Crippen LogP contribution in [0.15, 0.2) is 42.5 Å². The van der Waals surface area contributed by atoms with Crippen LogP contribution in [0.5, 0.6) is 17.2 Å². The molecule has 6 nitrogen and oxygen atoms in total. The number of nitrogens with zero attached hydrogens (tertiary/aromatic N) is 3. The van der Waals surface area contributed by atoms with Crippen LogP contribution in [-0.4, -0.2) is 36.1 Å². The van der Waals surface area contributed by atoms with Gasteiger partial charge in [0, 0.05) is 24.7 Å². The maximum absolute atomic E-state index is 5.51. The Labute approximate surface area is 140 Å². The Morgan fingerprint density at radius 1 is 0.875 bits per heavy atom. The molecule has 0 fully saturated rings. The second kappa shape index (κ2) is 6.62. The van der Waals surface area contributed by atoms with Crippen molar-refractivity contribution >= 4 is 0 Å². The number of aromatic nitrogens is 3. The first-order valence-electron chi connectivity index (χ1n) is 7.44. The summed E-state index contributed by atoms with van der Waals surface area (Å²) >= 11 is 0. The van der Waals surface area contributed by atoms with Crippen molar-refractivity contribution in [2.45, 2.75) is 0 Å². The number of hydrogen-bond acceptors (Lipinski definition) is 5. The number of rotatable bonds is 5. The summed E-state index contributed by atoms with van der Waals surface area (Å²) in [4.78, 5) is 4.67. The van der Waals surface area contributed by atoms with E-state index in [4.69, 9.17) is 14.2 Å². The highest BCUT2D eigenvalue weighted by atomic mass is 16.5. The van der Waals surface area contributed by atoms with Crippen molar-refractivity contribution < 1.29 is 14.2 Å². The van der Waals surface area contributed by atoms with Crippen molar-refractivity contribution in [1.29, 1.82) is 0 Å². The quantitative estimate of drug-likeness (QED) is 0.721. The first-order chi connectivity index (χ1) is 11.7. The van der Waals surface area contributed by atoms with Crippen LogP contribution in [-0.2, 0) is 7.05 Å². The van der Waals surface area contributed by atoms with Gasteiger partial charge in [-0.2, -0.15) is 5.10 Å². The fourth-order valence-electron chi connectivity index (χ4n) is 2.54. The Hall–Kier alpha value is -3.02. The second-order valence-corrected chi connectivity index (χ2v) is 5.16. The smallest absolute Gasteiger partial charge is 0.181 e. The van der Waals surface area contributed by atoms with Crippen molar-refractivity contribution in [2.24, 2.45) is 7.05 Å². The third-order valence-electron chi connectivity index (χ3n) is 3.73. The molecule has 1 heterocycles. The molecule has 0 aliphatic heterocycles. The summed E-state index contributed by atoms with van der Waals surface area (Å²) in [5.41, 5.74) is 1.68. The molecule has 0 saturated carbocycles. The zero-order valence-electron chi connectivity index (χ0n) is 14.1. The van der Waals surface area contributed by atoms with Gasteiger partial charge in [0.05, 0.1) is 21.3 Å². The van der Waals surface area contributed by atoms with E-state index in [-0.39, 0.29) is 0 Å². The van der Waals surface area contributed by atoms with E-state index in [1.807, 2.05) is 37.4 Å². The van der Waals surface area contributed by atoms with Crippen molar-refractivity contribution in [3.63, 3.8) is 0 Å². The van der Waals surface area contributed by atoms with Crippen LogP contribution in [0.3, 0.4) is 0 Å². The normalized spacial score (nSPS) is 10.5. The van der Waals surface area contributed by atoms with Gasteiger partial charge in [0.15, 0.2) is 11.6 Å². The molecule has 0 aliphatic rings. The van der Waals surface area contributed by atoms with Crippen LogP contribution in [0, 0.1) is 0 Å². The molecule has 124 valence electrons. The van der Waals surface area contributed by atoms with Crippen molar-refractivity contribution in [3.8, 4) is 40.0 Å². The molecule has 0 spiro atoms. The molecule has 0 N–H and O–H groups in total. The van der Waals surface area contributed by atoms with E-state index in [0.717, 1.165) is 11.1 Å². The Morgan fingerprint density at radius 3 is 2.04 bits per heavy atom. The van der Waals surface area contributed by atoms with Gasteiger partial charge >= 0.3 is 0 Å². The Kier molecular flexibility index (Phi) is 4.37. The molecule has 2 aromatic carbocycles. The summed E-state index contributed by atoms with van der Waals surface area (Å²) in [5.74, 6) is 3.18. The minimum absolute atomic E-state index is 0.612. The van der Waals surface area contributed by atoms with E-state index in [0.29, 0.717) is 28.9 Å². The van der Waals surface area contributed by atoms with Gasteiger partial charge in [0.1, 0.15) is 22.8 Å². The zero-order chi connectivity index (χ0) is 17.1. The SMILES string of the molecule is COc1cc(OC)c(-c2nc(-c3ccccc3)nn2C)c(OC)c1. The van der Waals surface area contributed by atoms with Crippen LogP contribution in [0.2, 0.25) is 0 Å². The van der Waals surface area contributed by atoms with E-state index in [1.165, 1.54) is 0 Å². The van der Waals surface area contributed by atoms with Gasteiger partial charge in [-0.1, -0.05) is 30.3 Å². The average molecular weight is 325 g/mol. The Morgan fingerprint density at radius 2 is 1.50 bits per heavy atom. The fraction of sp³-hybridized carbons (Fsp3) is 0.222. The van der Waals surface area contributed by atoms with Crippen molar-refractivity contribution in [2.75, 3.05) is 21.3 Å². The van der Waals surface area contributed by atoms with Gasteiger partial charge in [-0.15, -0.1) is 0 Å². The number of aryl methyl sites for hydroxylation is 1. The van der Waals surface area contributed by atoms with E-state index in [2.05, 4.69) is 10.1 Å². The van der Waals surface area contributed by atoms with Gasteiger partial charge in [0.2, 0.25) is 0 Å². The number of methoxy groups -OCH3 is 3. The first-order valence-corrected chi connectivity index (χ1v) is 7.44. The molecular formula is C18H19N3O3. The minimum atomic E-state index is 0.612. The predicted molar refractivity (Wildman–Crippen MR) is 91.5 cm³/mol. The Bertz CT molecular complexity index is 819. The molecule has 0 bridgehead atoms. The van der Waals surface area contributed by atoms with Crippen molar-refractivity contribution in [3.05, 3.63) is 42.5 Å². The maximum atomic E-state index is 5.51. The molecule has 0 saturated heterocycles. The van der Waals surface area contributed by atoms with Gasteiger partial charge in [-0.05, 0) is 0 Å². The molecule has 3 rings (SSSR count). The Balaban J connectivity index is 2.17. The molecule has 0 amide bonds. The maximum Gasteiger partial charge on any atom is 0.181 e. The van der Waals surface area contributed by atoms with Gasteiger partial charge in [-0.3, -0.25) is 0 Å². The lowest BCUT2D eigenvalue weighted by atomic mass is 10.1. The molecule has 0 radical (unpaired) electrons. The van der Waals surface area contributed by atoms with E-state index < -0.39 is 0 Å². The summed E-state index contributed by atoms with van der Waals surface area (Å²) in [6, 6.07) is 13.4. The lowest BCUT2D eigenvalue weighted by Crippen LogP contribution is -2.00. The lowest BCUT2D eigenvalue weighted by Gasteiger charge is -2.14. The zero-order valence-corrected chi connectivity index (χ0v) is 14.1. The second-order valence-electron chi connectivity index (χ2n) is 5.16. The first kappa shape index (κ1) is 15.9. The van der Waals surface area contributed by atoms with Crippen LogP contribution in [0.1, 0.15) is 0 Å². The highest BCUT2D eigenvalue weighted by molar-refractivity contribution is 5.75. The summed E-state index contributed by atoms with van der Waals surface area (Å²) in [6.07, 6.45) is 0. The van der Waals surface area contributed by atoms with Crippen LogP contribution < -0.4 is 14.2 Å². The molecule has 1 aromatic heterocycles. The molecule has 0 aliphatic carbocycles. The highest BCUT2D eigenvalue weighted by Crippen LogP contribution is 2.41. The van der Waals surface area contributed by atoms with E-state index in [9.17, 15) is 0 Å². The summed E-state index contributed by atoms with van der Waals surface area (Å²) in [7, 11) is 6.65. The molecule has 6 heteroatoms. The predicted octanol–water partition coefficient (Wildman–Crippen LogP) is 3.17. The van der Waals surface area contributed by atoms with Gasteiger partial charge in [-0.25, -0.2) is 9.67 Å². The fourth-order valence-corrected chi connectivity index (χ4v) is 2.54. The molecule has 24 heavy (non-hydrogen) atoms. The average Bonchev–Trinajstić information content (AvgIpc) is 3.02. The van der Waals surface area contributed by atoms with Crippen LogP contribution in [0.25, 0.3) is 22.8 Å². The van der Waals surface area contributed by atoms with Gasteiger partial charge < -0.3 is 14.2 Å². The number of benzene rings is 2. The largest absolute Gasteiger partial charge is 0.496 e. The monoisotopic (exact) mass is 325 g/mol. The molecular weight excluding hydrogens is 306 g/mol.